The molecule has 2 heteroatoms. The SMILES string of the molecule is C#Cc1cc(=C)c2n1NC(C1CC1)=CC=2. The van der Waals surface area contributed by atoms with Gasteiger partial charge >= 0.3 is 0 Å². The minimum absolute atomic E-state index is 0.704. The van der Waals surface area contributed by atoms with Crippen LogP contribution in [0.1, 0.15) is 18.5 Å². The summed E-state index contributed by atoms with van der Waals surface area (Å²) in [6, 6.07) is 1.93. The number of nitrogens with one attached hydrogen (secondary N) is 1. The van der Waals surface area contributed by atoms with E-state index >= 15 is 0 Å². The van der Waals surface area contributed by atoms with Gasteiger partial charge in [-0.1, -0.05) is 12.5 Å². The Morgan fingerprint density at radius 1 is 1.47 bits per heavy atom. The van der Waals surface area contributed by atoms with E-state index in [1.165, 1.54) is 18.5 Å². The Morgan fingerprint density at radius 3 is 2.93 bits per heavy atom. The van der Waals surface area contributed by atoms with E-state index in [1.807, 2.05) is 10.7 Å². The Hall–Kier alpha value is -1.88. The van der Waals surface area contributed by atoms with Crippen molar-refractivity contribution in [2.45, 2.75) is 12.8 Å². The van der Waals surface area contributed by atoms with Crippen molar-refractivity contribution < 1.29 is 0 Å². The fraction of sp³-hybridized carbons (Fsp3) is 0.231. The second kappa shape index (κ2) is 2.80. The summed E-state index contributed by atoms with van der Waals surface area (Å²) in [4.78, 5) is 0. The van der Waals surface area contributed by atoms with Crippen LogP contribution in [-0.2, 0) is 0 Å². The monoisotopic (exact) mass is 196 g/mol. The van der Waals surface area contributed by atoms with Gasteiger partial charge in [-0.05, 0) is 36.3 Å². The Kier molecular flexibility index (Phi) is 1.58. The summed E-state index contributed by atoms with van der Waals surface area (Å²) < 4.78 is 1.95. The first-order chi connectivity index (χ1) is 7.29. The van der Waals surface area contributed by atoms with Crippen LogP contribution in [0.2, 0.25) is 0 Å². The summed E-state index contributed by atoms with van der Waals surface area (Å²) in [5, 5.41) is 2.04. The molecule has 1 aromatic heterocycles. The lowest BCUT2D eigenvalue weighted by Crippen LogP contribution is -2.36. The first-order valence-corrected chi connectivity index (χ1v) is 5.16. The summed E-state index contributed by atoms with van der Waals surface area (Å²) >= 11 is 0. The molecular formula is C13H12N2. The third kappa shape index (κ3) is 1.20. The fourth-order valence-electron chi connectivity index (χ4n) is 1.94. The zero-order chi connectivity index (χ0) is 10.4. The van der Waals surface area contributed by atoms with Crippen LogP contribution >= 0.6 is 0 Å². The quantitative estimate of drug-likeness (QED) is 0.648. The molecule has 2 nitrogen and oxygen atoms in total. The summed E-state index contributed by atoms with van der Waals surface area (Å²) in [6.07, 6.45) is 12.3. The minimum Gasteiger partial charge on any atom is -0.297 e. The average molecular weight is 196 g/mol. The van der Waals surface area contributed by atoms with Crippen LogP contribution in [0.5, 0.6) is 0 Å². The van der Waals surface area contributed by atoms with Crippen LogP contribution in [0.4, 0.5) is 0 Å². The highest BCUT2D eigenvalue weighted by Crippen LogP contribution is 2.35. The Bertz CT molecular complexity index is 592. The molecule has 0 atom stereocenters. The second-order valence-corrected chi connectivity index (χ2v) is 4.09. The summed E-state index contributed by atoms with van der Waals surface area (Å²) in [7, 11) is 0. The molecule has 0 saturated heterocycles. The molecule has 1 aromatic rings. The topological polar surface area (TPSA) is 17.0 Å². The molecule has 74 valence electrons. The van der Waals surface area contributed by atoms with Gasteiger partial charge in [0.05, 0.1) is 5.35 Å². The molecule has 15 heavy (non-hydrogen) atoms. The predicted molar refractivity (Wildman–Crippen MR) is 61.8 cm³/mol. The molecule has 1 aliphatic carbocycles. The molecule has 1 aliphatic heterocycles. The predicted octanol–water partition coefficient (Wildman–Crippen LogP) is 0.511. The van der Waals surface area contributed by atoms with Gasteiger partial charge in [0, 0.05) is 11.6 Å². The number of rotatable bonds is 1. The third-order valence-electron chi connectivity index (χ3n) is 2.95. The zero-order valence-electron chi connectivity index (χ0n) is 8.46. The van der Waals surface area contributed by atoms with Gasteiger partial charge in [0.1, 0.15) is 5.69 Å². The summed E-state index contributed by atoms with van der Waals surface area (Å²) in [6.45, 7) is 3.97. The van der Waals surface area contributed by atoms with Gasteiger partial charge in [-0.2, -0.15) is 0 Å². The highest BCUT2D eigenvalue weighted by molar-refractivity contribution is 5.48. The van der Waals surface area contributed by atoms with Crippen molar-refractivity contribution in [3.8, 4) is 12.3 Å². The van der Waals surface area contributed by atoms with Crippen molar-refractivity contribution in [2.24, 2.45) is 5.92 Å². The molecule has 0 bridgehead atoms. The number of fused-ring (bicyclic) bond motifs is 1. The maximum absolute atomic E-state index is 5.45. The second-order valence-electron chi connectivity index (χ2n) is 4.09. The van der Waals surface area contributed by atoms with E-state index in [0.29, 0.717) is 5.92 Å². The van der Waals surface area contributed by atoms with Gasteiger partial charge in [0.25, 0.3) is 0 Å². The van der Waals surface area contributed by atoms with Crippen LogP contribution in [0, 0.1) is 18.3 Å². The largest absolute Gasteiger partial charge is 0.297 e. The maximum atomic E-state index is 5.45. The van der Waals surface area contributed by atoms with E-state index in [2.05, 4.69) is 30.1 Å². The Morgan fingerprint density at radius 2 is 2.27 bits per heavy atom. The van der Waals surface area contributed by atoms with Gasteiger partial charge in [-0.25, -0.2) is 4.68 Å². The summed E-state index contributed by atoms with van der Waals surface area (Å²) in [5.41, 5.74) is 5.48. The van der Waals surface area contributed by atoms with Crippen molar-refractivity contribution in [1.29, 1.82) is 0 Å². The standard InChI is InChI=1S/C13H12N2/c1-3-11-8-9(2)13-7-6-12(10-4-5-10)14-15(11)13/h1,6-8,10,14H,2,4-5H2. The lowest BCUT2D eigenvalue weighted by Gasteiger charge is -2.16. The van der Waals surface area contributed by atoms with Gasteiger partial charge in [-0.15, -0.1) is 6.42 Å². The average Bonchev–Trinajstić information content (AvgIpc) is 3.05. The van der Waals surface area contributed by atoms with Crippen LogP contribution < -0.4 is 16.0 Å². The summed E-state index contributed by atoms with van der Waals surface area (Å²) in [5.74, 6) is 3.37. The number of terminal acetylenes is 1. The van der Waals surface area contributed by atoms with Gasteiger partial charge in [-0.3, -0.25) is 5.43 Å². The van der Waals surface area contributed by atoms with E-state index in [0.717, 1.165) is 16.3 Å². The van der Waals surface area contributed by atoms with Crippen molar-refractivity contribution in [1.82, 2.24) is 4.68 Å². The molecule has 0 amide bonds. The number of allylic oxidation sites excluding steroid dienone is 2. The van der Waals surface area contributed by atoms with E-state index in [9.17, 15) is 0 Å². The molecule has 1 N–H and O–H groups in total. The fourth-order valence-corrected chi connectivity index (χ4v) is 1.94. The van der Waals surface area contributed by atoms with E-state index in [1.54, 1.807) is 0 Å². The number of hydrogen-bond donors (Lipinski definition) is 1. The molecule has 1 saturated carbocycles. The van der Waals surface area contributed by atoms with Gasteiger partial charge in [0.15, 0.2) is 0 Å². The maximum Gasteiger partial charge on any atom is 0.113 e. The molecular weight excluding hydrogens is 184 g/mol. The molecule has 2 heterocycles. The lowest BCUT2D eigenvalue weighted by atomic mass is 10.2. The van der Waals surface area contributed by atoms with Gasteiger partial charge in [0.2, 0.25) is 0 Å². The van der Waals surface area contributed by atoms with Gasteiger partial charge < -0.3 is 0 Å². The molecule has 0 aromatic carbocycles. The van der Waals surface area contributed by atoms with Crippen molar-refractivity contribution >= 4 is 12.7 Å². The minimum atomic E-state index is 0.704. The highest BCUT2D eigenvalue weighted by Gasteiger charge is 2.27. The lowest BCUT2D eigenvalue weighted by molar-refractivity contribution is 0.820. The number of nitrogens with zero attached hydrogens (tertiary/aromatic N) is 1. The van der Waals surface area contributed by atoms with Crippen molar-refractivity contribution in [3.05, 3.63) is 34.1 Å². The normalized spacial score (nSPS) is 18.2. The Balaban J connectivity index is 2.17. The first kappa shape index (κ1) is 8.43. The van der Waals surface area contributed by atoms with Crippen LogP contribution in [0.15, 0.2) is 17.8 Å². The Labute approximate surface area is 88.6 Å². The van der Waals surface area contributed by atoms with Crippen LogP contribution in [-0.4, -0.2) is 4.68 Å². The highest BCUT2D eigenvalue weighted by atomic mass is 15.4. The smallest absolute Gasteiger partial charge is 0.113 e. The number of aromatic nitrogens is 1. The molecule has 3 rings (SSSR count). The molecule has 0 radical (unpaired) electrons. The molecule has 2 aliphatic rings. The van der Waals surface area contributed by atoms with E-state index in [4.69, 9.17) is 6.42 Å². The molecule has 0 unspecified atom stereocenters. The number of hydrogen-bond acceptors (Lipinski definition) is 1. The van der Waals surface area contributed by atoms with Crippen LogP contribution in [0.3, 0.4) is 0 Å². The third-order valence-corrected chi connectivity index (χ3v) is 2.95. The molecule has 1 fully saturated rings. The van der Waals surface area contributed by atoms with E-state index in [-0.39, 0.29) is 0 Å². The first-order valence-electron chi connectivity index (χ1n) is 5.16. The van der Waals surface area contributed by atoms with Crippen molar-refractivity contribution in [3.63, 3.8) is 0 Å². The zero-order valence-corrected chi connectivity index (χ0v) is 8.46. The van der Waals surface area contributed by atoms with Crippen molar-refractivity contribution in [2.75, 3.05) is 5.43 Å². The van der Waals surface area contributed by atoms with E-state index < -0.39 is 0 Å². The molecule has 0 spiro atoms. The van der Waals surface area contributed by atoms with Crippen LogP contribution in [0.25, 0.3) is 12.7 Å².